The topological polar surface area (TPSA) is 45.5 Å². The van der Waals surface area contributed by atoms with Crippen molar-refractivity contribution in [3.8, 4) is 5.69 Å². The molecule has 2 heterocycles. The minimum atomic E-state index is 0. The number of aromatic nitrogens is 2. The molecule has 2 aliphatic rings. The van der Waals surface area contributed by atoms with Crippen molar-refractivity contribution < 1.29 is 0 Å². The molecule has 0 unspecified atom stereocenters. The van der Waals surface area contributed by atoms with Gasteiger partial charge in [-0.05, 0) is 48.8 Å². The summed E-state index contributed by atoms with van der Waals surface area (Å²) in [7, 11) is 1.90. The number of nitrogens with zero attached hydrogens (tertiary/aromatic N) is 4. The van der Waals surface area contributed by atoms with Gasteiger partial charge in [-0.2, -0.15) is 5.10 Å². The Morgan fingerprint density at radius 2 is 1.96 bits per heavy atom. The van der Waals surface area contributed by atoms with Crippen molar-refractivity contribution in [2.45, 2.75) is 38.5 Å². The van der Waals surface area contributed by atoms with E-state index in [1.54, 1.807) is 0 Å². The molecule has 1 aromatic heterocycles. The summed E-state index contributed by atoms with van der Waals surface area (Å²) in [5, 5.41) is 8.03. The molecule has 1 aromatic carbocycles. The fraction of sp³-hybridized carbons (Fsp3) is 0.524. The number of aliphatic imine (C=N–C) groups is 1. The number of rotatable bonds is 4. The minimum absolute atomic E-state index is 0. The molecule has 1 N–H and O–H groups in total. The Morgan fingerprint density at radius 3 is 2.70 bits per heavy atom. The van der Waals surface area contributed by atoms with E-state index in [2.05, 4.69) is 38.6 Å². The van der Waals surface area contributed by atoms with Crippen molar-refractivity contribution in [2.75, 3.05) is 26.7 Å². The van der Waals surface area contributed by atoms with E-state index in [-0.39, 0.29) is 24.0 Å². The molecule has 2 aromatic rings. The van der Waals surface area contributed by atoms with Crippen LogP contribution < -0.4 is 5.32 Å². The molecule has 27 heavy (non-hydrogen) atoms. The Bertz CT molecular complexity index is 749. The molecule has 0 radical (unpaired) electrons. The molecule has 4 rings (SSSR count). The second kappa shape index (κ2) is 9.08. The molecule has 0 bridgehead atoms. The summed E-state index contributed by atoms with van der Waals surface area (Å²) in [6.07, 6.45) is 12.0. The first kappa shape index (κ1) is 20.2. The van der Waals surface area contributed by atoms with E-state index in [1.165, 1.54) is 44.2 Å². The molecule has 1 spiro atoms. The molecular weight excluding hydrogens is 449 g/mol. The van der Waals surface area contributed by atoms with Crippen LogP contribution >= 0.6 is 24.0 Å². The van der Waals surface area contributed by atoms with Crippen molar-refractivity contribution in [3.63, 3.8) is 0 Å². The fourth-order valence-electron chi connectivity index (χ4n) is 4.51. The Kier molecular flexibility index (Phi) is 6.78. The highest BCUT2D eigenvalue weighted by Gasteiger charge is 2.40. The summed E-state index contributed by atoms with van der Waals surface area (Å²) in [4.78, 5) is 6.98. The Hall–Kier alpha value is -1.57. The smallest absolute Gasteiger partial charge is 0.193 e. The predicted octanol–water partition coefficient (Wildman–Crippen LogP) is 3.87. The molecule has 1 saturated heterocycles. The van der Waals surface area contributed by atoms with Crippen LogP contribution in [0, 0.1) is 5.41 Å². The minimum Gasteiger partial charge on any atom is -0.356 e. The van der Waals surface area contributed by atoms with Crippen molar-refractivity contribution in [2.24, 2.45) is 10.4 Å². The van der Waals surface area contributed by atoms with Gasteiger partial charge in [0.15, 0.2) is 5.96 Å². The van der Waals surface area contributed by atoms with Gasteiger partial charge in [-0.1, -0.05) is 31.0 Å². The first-order chi connectivity index (χ1) is 12.8. The van der Waals surface area contributed by atoms with E-state index in [1.807, 2.05) is 36.1 Å². The fourth-order valence-corrected chi connectivity index (χ4v) is 4.51. The largest absolute Gasteiger partial charge is 0.356 e. The number of hydrogen-bond acceptors (Lipinski definition) is 2. The van der Waals surface area contributed by atoms with Crippen LogP contribution in [-0.4, -0.2) is 47.3 Å². The van der Waals surface area contributed by atoms with Crippen LogP contribution in [0.2, 0.25) is 0 Å². The monoisotopic (exact) mass is 479 g/mol. The highest BCUT2D eigenvalue weighted by Crippen LogP contribution is 2.45. The van der Waals surface area contributed by atoms with Crippen molar-refractivity contribution >= 4 is 29.9 Å². The number of hydrogen-bond donors (Lipinski definition) is 1. The zero-order chi connectivity index (χ0) is 17.8. The van der Waals surface area contributed by atoms with E-state index in [9.17, 15) is 0 Å². The number of likely N-dealkylation sites (tertiary alicyclic amines) is 1. The summed E-state index contributed by atoms with van der Waals surface area (Å²) in [6, 6.07) is 10.2. The first-order valence-corrected chi connectivity index (χ1v) is 9.83. The van der Waals surface area contributed by atoms with Gasteiger partial charge in [0.1, 0.15) is 0 Å². The highest BCUT2D eigenvalue weighted by atomic mass is 127. The first-order valence-electron chi connectivity index (χ1n) is 9.83. The molecule has 1 aliphatic carbocycles. The Labute approximate surface area is 179 Å². The number of para-hydroxylation sites is 1. The van der Waals surface area contributed by atoms with Gasteiger partial charge in [0, 0.05) is 32.9 Å². The van der Waals surface area contributed by atoms with Crippen LogP contribution in [0.4, 0.5) is 0 Å². The lowest BCUT2D eigenvalue weighted by molar-refractivity contribution is 0.309. The van der Waals surface area contributed by atoms with Gasteiger partial charge < -0.3 is 10.2 Å². The summed E-state index contributed by atoms with van der Waals surface area (Å²) in [5.74, 6) is 1.06. The molecule has 1 aliphatic heterocycles. The average Bonchev–Trinajstić information content (AvgIpc) is 3.42. The van der Waals surface area contributed by atoms with Crippen molar-refractivity contribution in [1.29, 1.82) is 0 Å². The highest BCUT2D eigenvalue weighted by molar-refractivity contribution is 14.0. The quantitative estimate of drug-likeness (QED) is 0.412. The van der Waals surface area contributed by atoms with Crippen LogP contribution in [0.15, 0.2) is 47.7 Å². The SMILES string of the molecule is CN=C(NCCc1cnn(-c2ccccc2)c1)N1CCC2(CCCC2)C1.I. The molecule has 1 saturated carbocycles. The number of guanidine groups is 1. The van der Waals surface area contributed by atoms with Crippen molar-refractivity contribution in [3.05, 3.63) is 48.3 Å². The number of benzene rings is 1. The van der Waals surface area contributed by atoms with E-state index in [4.69, 9.17) is 0 Å². The van der Waals surface area contributed by atoms with Gasteiger partial charge in [-0.25, -0.2) is 4.68 Å². The molecule has 6 heteroatoms. The predicted molar refractivity (Wildman–Crippen MR) is 121 cm³/mol. The van der Waals surface area contributed by atoms with Crippen molar-refractivity contribution in [1.82, 2.24) is 20.0 Å². The third-order valence-electron chi connectivity index (χ3n) is 5.97. The maximum absolute atomic E-state index is 4.52. The van der Waals surface area contributed by atoms with Gasteiger partial charge >= 0.3 is 0 Å². The zero-order valence-electron chi connectivity index (χ0n) is 16.1. The van der Waals surface area contributed by atoms with E-state index in [0.717, 1.165) is 31.2 Å². The van der Waals surface area contributed by atoms with E-state index in [0.29, 0.717) is 5.41 Å². The molecule has 2 fully saturated rings. The maximum Gasteiger partial charge on any atom is 0.193 e. The summed E-state index contributed by atoms with van der Waals surface area (Å²) in [6.45, 7) is 3.21. The lowest BCUT2D eigenvalue weighted by atomic mass is 9.86. The second-order valence-electron chi connectivity index (χ2n) is 7.73. The van der Waals surface area contributed by atoms with E-state index < -0.39 is 0 Å². The third-order valence-corrected chi connectivity index (χ3v) is 5.97. The lowest BCUT2D eigenvalue weighted by Gasteiger charge is -2.25. The van der Waals surface area contributed by atoms with Gasteiger partial charge in [0.2, 0.25) is 0 Å². The Balaban J connectivity index is 0.00000210. The number of halogens is 1. The van der Waals surface area contributed by atoms with E-state index >= 15 is 0 Å². The van der Waals surface area contributed by atoms with Gasteiger partial charge in [-0.3, -0.25) is 4.99 Å². The number of nitrogens with one attached hydrogen (secondary N) is 1. The maximum atomic E-state index is 4.52. The van der Waals surface area contributed by atoms with Crippen LogP contribution in [0.5, 0.6) is 0 Å². The van der Waals surface area contributed by atoms with Gasteiger partial charge in [-0.15, -0.1) is 24.0 Å². The normalized spacial score (nSPS) is 18.7. The summed E-state index contributed by atoms with van der Waals surface area (Å²) in [5.41, 5.74) is 2.92. The van der Waals surface area contributed by atoms with Crippen LogP contribution in [-0.2, 0) is 6.42 Å². The summed E-state index contributed by atoms with van der Waals surface area (Å²) >= 11 is 0. The zero-order valence-corrected chi connectivity index (χ0v) is 18.4. The molecule has 0 atom stereocenters. The molecular formula is C21H30IN5. The van der Waals surface area contributed by atoms with Crippen LogP contribution in [0.1, 0.15) is 37.7 Å². The molecule has 0 amide bonds. The Morgan fingerprint density at radius 1 is 1.19 bits per heavy atom. The molecule has 5 nitrogen and oxygen atoms in total. The van der Waals surface area contributed by atoms with Crippen LogP contribution in [0.25, 0.3) is 5.69 Å². The summed E-state index contributed by atoms with van der Waals surface area (Å²) < 4.78 is 1.94. The standard InChI is InChI=1S/C21H29N5.HI/c1-22-20(25-14-12-21(17-25)10-5-6-11-21)23-13-9-18-15-24-26(16-18)19-7-3-2-4-8-19;/h2-4,7-8,15-16H,5-6,9-14,17H2,1H3,(H,22,23);1H. The lowest BCUT2D eigenvalue weighted by Crippen LogP contribution is -2.41. The van der Waals surface area contributed by atoms with Gasteiger partial charge in [0.25, 0.3) is 0 Å². The second-order valence-corrected chi connectivity index (χ2v) is 7.73. The van der Waals surface area contributed by atoms with Crippen LogP contribution in [0.3, 0.4) is 0 Å². The van der Waals surface area contributed by atoms with Gasteiger partial charge in [0.05, 0.1) is 11.9 Å². The average molecular weight is 479 g/mol. The molecule has 146 valence electrons. The third kappa shape index (κ3) is 4.65.